The van der Waals surface area contributed by atoms with Gasteiger partial charge < -0.3 is 29.4 Å². The molecule has 202 valence electrons. The van der Waals surface area contributed by atoms with Crippen molar-refractivity contribution in [3.63, 3.8) is 0 Å². The average molecular weight is 522 g/mol. The molecule has 38 heavy (non-hydrogen) atoms. The highest BCUT2D eigenvalue weighted by Gasteiger charge is 2.25. The molecular weight excluding hydrogens is 486 g/mol. The van der Waals surface area contributed by atoms with Crippen molar-refractivity contribution in [2.75, 3.05) is 36.9 Å². The first-order valence-corrected chi connectivity index (χ1v) is 13.4. The third kappa shape index (κ3) is 6.36. The molecule has 10 nitrogen and oxygen atoms in total. The summed E-state index contributed by atoms with van der Waals surface area (Å²) in [6.07, 6.45) is 3.73. The number of nitrogens with zero attached hydrogens (tertiary/aromatic N) is 2. The van der Waals surface area contributed by atoms with Crippen LogP contribution in [0.4, 0.5) is 16.4 Å². The van der Waals surface area contributed by atoms with Gasteiger partial charge in [-0.15, -0.1) is 0 Å². The fourth-order valence-corrected chi connectivity index (χ4v) is 5.00. The molecule has 1 saturated carbocycles. The maximum Gasteiger partial charge on any atom is 0.413 e. The minimum atomic E-state index is -0.511. The van der Waals surface area contributed by atoms with Gasteiger partial charge in [0, 0.05) is 31.3 Å². The Morgan fingerprint density at radius 3 is 3.00 bits per heavy atom. The molecule has 0 bridgehead atoms. The van der Waals surface area contributed by atoms with Gasteiger partial charge in [-0.05, 0) is 67.8 Å². The van der Waals surface area contributed by atoms with Gasteiger partial charge in [-0.3, -0.25) is 10.1 Å². The van der Waals surface area contributed by atoms with Crippen LogP contribution in [0.1, 0.15) is 39.0 Å². The topological polar surface area (TPSA) is 116 Å². The van der Waals surface area contributed by atoms with E-state index in [2.05, 4.69) is 27.9 Å². The first kappa shape index (κ1) is 25.8. The summed E-state index contributed by atoms with van der Waals surface area (Å²) in [7, 11) is 0. The molecule has 2 atom stereocenters. The van der Waals surface area contributed by atoms with Gasteiger partial charge in [-0.25, -0.2) is 9.78 Å². The van der Waals surface area contributed by atoms with Gasteiger partial charge in [-0.2, -0.15) is 0 Å². The van der Waals surface area contributed by atoms with Gasteiger partial charge in [0.1, 0.15) is 24.3 Å². The van der Waals surface area contributed by atoms with Gasteiger partial charge in [0.25, 0.3) is 5.56 Å². The van der Waals surface area contributed by atoms with Gasteiger partial charge in [-0.1, -0.05) is 6.92 Å². The van der Waals surface area contributed by atoms with Crippen molar-refractivity contribution >= 4 is 28.6 Å². The highest BCUT2D eigenvalue weighted by Crippen LogP contribution is 2.27. The average Bonchev–Trinajstić information content (AvgIpc) is 2.93. The number of rotatable bonds is 9. The van der Waals surface area contributed by atoms with Crippen LogP contribution in [0, 0.1) is 0 Å². The quantitative estimate of drug-likeness (QED) is 0.385. The van der Waals surface area contributed by atoms with Gasteiger partial charge in [0.05, 0.1) is 18.7 Å². The molecule has 1 amide bonds. The third-order valence-corrected chi connectivity index (χ3v) is 6.85. The summed E-state index contributed by atoms with van der Waals surface area (Å²) in [4.78, 5) is 29.6. The first-order valence-electron chi connectivity index (χ1n) is 13.4. The van der Waals surface area contributed by atoms with Gasteiger partial charge in [0.2, 0.25) is 0 Å². The van der Waals surface area contributed by atoms with Crippen LogP contribution in [-0.4, -0.2) is 54.1 Å². The van der Waals surface area contributed by atoms with E-state index in [1.165, 1.54) is 0 Å². The van der Waals surface area contributed by atoms with E-state index >= 15 is 0 Å². The van der Waals surface area contributed by atoms with Crippen LogP contribution in [0.3, 0.4) is 0 Å². The van der Waals surface area contributed by atoms with E-state index in [4.69, 9.17) is 14.2 Å². The summed E-state index contributed by atoms with van der Waals surface area (Å²) in [6, 6.07) is 13.0. The minimum Gasteiger partial charge on any atom is -0.494 e. The second-order valence-corrected chi connectivity index (χ2v) is 9.68. The SMILES string of the molecule is CCCOc1ccc2ccc(=O)n(CCNC3CCCC(OC(=O)Nc4ccc5c(n4)NCCO5)C3)c2c1. The molecule has 2 aromatic heterocycles. The van der Waals surface area contributed by atoms with Crippen molar-refractivity contribution in [2.45, 2.75) is 57.7 Å². The number of benzene rings is 1. The van der Waals surface area contributed by atoms with Crippen LogP contribution in [-0.2, 0) is 11.3 Å². The summed E-state index contributed by atoms with van der Waals surface area (Å²) in [5, 5.41) is 10.4. The Bertz CT molecular complexity index is 1330. The van der Waals surface area contributed by atoms with Crippen molar-refractivity contribution in [2.24, 2.45) is 0 Å². The van der Waals surface area contributed by atoms with Crippen LogP contribution in [0.2, 0.25) is 0 Å². The second kappa shape index (κ2) is 12.2. The van der Waals surface area contributed by atoms with Crippen LogP contribution >= 0.6 is 0 Å². The lowest BCUT2D eigenvalue weighted by Gasteiger charge is -2.29. The van der Waals surface area contributed by atoms with Gasteiger partial charge in [0.15, 0.2) is 11.6 Å². The Balaban J connectivity index is 1.13. The van der Waals surface area contributed by atoms with Crippen LogP contribution < -0.4 is 31.0 Å². The molecule has 10 heteroatoms. The van der Waals surface area contributed by atoms with Crippen LogP contribution in [0.15, 0.2) is 47.3 Å². The van der Waals surface area contributed by atoms with Crippen molar-refractivity contribution in [1.29, 1.82) is 0 Å². The lowest BCUT2D eigenvalue weighted by Crippen LogP contribution is -2.40. The number of nitrogens with one attached hydrogen (secondary N) is 3. The smallest absolute Gasteiger partial charge is 0.413 e. The fourth-order valence-electron chi connectivity index (χ4n) is 5.00. The fraction of sp³-hybridized carbons (Fsp3) is 0.464. The zero-order valence-electron chi connectivity index (χ0n) is 21.7. The summed E-state index contributed by atoms with van der Waals surface area (Å²) >= 11 is 0. The predicted octanol–water partition coefficient (Wildman–Crippen LogP) is 4.14. The second-order valence-electron chi connectivity index (χ2n) is 9.68. The molecule has 1 aliphatic carbocycles. The molecule has 3 heterocycles. The van der Waals surface area contributed by atoms with Gasteiger partial charge >= 0.3 is 6.09 Å². The Labute approximate surface area is 221 Å². The molecule has 1 fully saturated rings. The zero-order valence-corrected chi connectivity index (χ0v) is 21.7. The maximum absolute atomic E-state index is 12.7. The number of aromatic nitrogens is 2. The molecular formula is C28H35N5O5. The van der Waals surface area contributed by atoms with Crippen LogP contribution in [0.5, 0.6) is 11.5 Å². The van der Waals surface area contributed by atoms with E-state index in [0.717, 1.165) is 48.8 Å². The summed E-state index contributed by atoms with van der Waals surface area (Å²) in [6.45, 7) is 5.15. The number of fused-ring (bicyclic) bond motifs is 2. The monoisotopic (exact) mass is 521 g/mol. The number of anilines is 2. The normalized spacial score (nSPS) is 18.7. The number of hydrogen-bond acceptors (Lipinski definition) is 8. The molecule has 3 N–H and O–H groups in total. The van der Waals surface area contributed by atoms with Crippen molar-refractivity contribution < 1.29 is 19.0 Å². The van der Waals surface area contributed by atoms with E-state index in [1.54, 1.807) is 22.8 Å². The Kier molecular flexibility index (Phi) is 8.28. The van der Waals surface area contributed by atoms with Crippen molar-refractivity contribution in [1.82, 2.24) is 14.9 Å². The first-order chi connectivity index (χ1) is 18.6. The third-order valence-electron chi connectivity index (χ3n) is 6.85. The highest BCUT2D eigenvalue weighted by atomic mass is 16.6. The largest absolute Gasteiger partial charge is 0.494 e. The van der Waals surface area contributed by atoms with E-state index in [9.17, 15) is 9.59 Å². The molecule has 5 rings (SSSR count). The Morgan fingerprint density at radius 1 is 1.21 bits per heavy atom. The van der Waals surface area contributed by atoms with E-state index in [1.807, 2.05) is 24.3 Å². The summed E-state index contributed by atoms with van der Waals surface area (Å²) in [5.41, 5.74) is 0.831. The number of pyridine rings is 2. The molecule has 3 aromatic rings. The van der Waals surface area contributed by atoms with E-state index in [0.29, 0.717) is 50.2 Å². The summed E-state index contributed by atoms with van der Waals surface area (Å²) < 4.78 is 18.8. The zero-order chi connectivity index (χ0) is 26.3. The molecule has 2 unspecified atom stereocenters. The Morgan fingerprint density at radius 2 is 2.11 bits per heavy atom. The standard InChI is InChI=1S/C28H35N5O5/c1-2-15-36-21-8-6-19-7-11-26(34)33(23(19)18-21)14-12-29-20-4-3-5-22(17-20)38-28(35)32-25-10-9-24-27(31-25)30-13-16-37-24/h6-11,18,20,22,29H,2-5,12-17H2,1H3,(H2,30,31,32,35). The van der Waals surface area contributed by atoms with Crippen LogP contribution in [0.25, 0.3) is 10.9 Å². The maximum atomic E-state index is 12.7. The van der Waals surface area contributed by atoms with E-state index in [-0.39, 0.29) is 17.7 Å². The highest BCUT2D eigenvalue weighted by molar-refractivity contribution is 5.84. The Hall–Kier alpha value is -3.79. The number of ether oxygens (including phenoxy) is 3. The number of carbonyl (C=O) groups excluding carboxylic acids is 1. The van der Waals surface area contributed by atoms with Crippen molar-refractivity contribution in [3.8, 4) is 11.5 Å². The number of carbonyl (C=O) groups is 1. The van der Waals surface area contributed by atoms with Crippen molar-refractivity contribution in [3.05, 3.63) is 52.8 Å². The lowest BCUT2D eigenvalue weighted by atomic mass is 9.93. The number of amides is 1. The molecule has 0 spiro atoms. The minimum absolute atomic E-state index is 0.0361. The molecule has 0 radical (unpaired) electrons. The summed E-state index contributed by atoms with van der Waals surface area (Å²) in [5.74, 6) is 2.48. The molecule has 1 aliphatic heterocycles. The lowest BCUT2D eigenvalue weighted by molar-refractivity contribution is 0.0761. The molecule has 1 aromatic carbocycles. The van der Waals surface area contributed by atoms with E-state index < -0.39 is 6.09 Å². The number of hydrogen-bond donors (Lipinski definition) is 3. The molecule has 2 aliphatic rings. The molecule has 0 saturated heterocycles. The predicted molar refractivity (Wildman–Crippen MR) is 146 cm³/mol.